The van der Waals surface area contributed by atoms with E-state index < -0.39 is 0 Å². The summed E-state index contributed by atoms with van der Waals surface area (Å²) in [6, 6.07) is 7.64. The van der Waals surface area contributed by atoms with E-state index in [1.54, 1.807) is 6.07 Å². The summed E-state index contributed by atoms with van der Waals surface area (Å²) in [5.74, 6) is 0.143. The number of halogens is 1. The SMILES string of the molecule is CCNC(c1ccccc1F)C(C)CN(CCO)C1CC1. The molecule has 3 nitrogen and oxygen atoms in total. The smallest absolute Gasteiger partial charge is 0.127 e. The number of hydrogen-bond acceptors (Lipinski definition) is 3. The predicted octanol–water partition coefficient (Wildman–Crippen LogP) is 2.57. The average Bonchev–Trinajstić information content (AvgIpc) is 3.30. The van der Waals surface area contributed by atoms with E-state index >= 15 is 0 Å². The standard InChI is InChI=1S/C17H27FN2O/c1-3-19-17(15-6-4-5-7-16(15)18)13(2)12-20(10-11-21)14-8-9-14/h4-7,13-14,17,19,21H,3,8-12H2,1-2H3. The van der Waals surface area contributed by atoms with Crippen LogP contribution in [0.3, 0.4) is 0 Å². The lowest BCUT2D eigenvalue weighted by Crippen LogP contribution is -2.38. The maximum absolute atomic E-state index is 14.1. The zero-order chi connectivity index (χ0) is 15.2. The Morgan fingerprint density at radius 1 is 1.38 bits per heavy atom. The first-order chi connectivity index (χ1) is 10.2. The van der Waals surface area contributed by atoms with Gasteiger partial charge in [-0.15, -0.1) is 0 Å². The van der Waals surface area contributed by atoms with Crippen molar-refractivity contribution in [3.05, 3.63) is 35.6 Å². The van der Waals surface area contributed by atoms with Gasteiger partial charge in [0, 0.05) is 30.7 Å². The molecule has 0 aliphatic heterocycles. The maximum atomic E-state index is 14.1. The first kappa shape index (κ1) is 16.4. The Morgan fingerprint density at radius 3 is 2.67 bits per heavy atom. The van der Waals surface area contributed by atoms with E-state index in [9.17, 15) is 9.50 Å². The lowest BCUT2D eigenvalue weighted by molar-refractivity contribution is 0.158. The fraction of sp³-hybridized carbons (Fsp3) is 0.647. The van der Waals surface area contributed by atoms with E-state index in [2.05, 4.69) is 17.1 Å². The summed E-state index contributed by atoms with van der Waals surface area (Å²) in [4.78, 5) is 2.34. The van der Waals surface area contributed by atoms with Gasteiger partial charge in [-0.05, 0) is 31.4 Å². The molecule has 1 aliphatic carbocycles. The molecule has 0 radical (unpaired) electrons. The Bertz CT molecular complexity index is 437. The van der Waals surface area contributed by atoms with Gasteiger partial charge in [0.05, 0.1) is 6.61 Å². The number of rotatable bonds is 9. The molecule has 0 saturated heterocycles. The highest BCUT2D eigenvalue weighted by atomic mass is 19.1. The number of aliphatic hydroxyl groups excluding tert-OH is 1. The van der Waals surface area contributed by atoms with Crippen molar-refractivity contribution in [2.75, 3.05) is 26.2 Å². The summed E-state index contributed by atoms with van der Waals surface area (Å²) in [6.07, 6.45) is 2.44. The molecule has 0 bridgehead atoms. The molecule has 1 fully saturated rings. The number of nitrogens with one attached hydrogen (secondary N) is 1. The number of benzene rings is 1. The van der Waals surface area contributed by atoms with E-state index in [4.69, 9.17) is 0 Å². The van der Waals surface area contributed by atoms with Gasteiger partial charge < -0.3 is 10.4 Å². The van der Waals surface area contributed by atoms with Crippen LogP contribution in [0.25, 0.3) is 0 Å². The van der Waals surface area contributed by atoms with Gasteiger partial charge in [0.2, 0.25) is 0 Å². The fourth-order valence-corrected chi connectivity index (χ4v) is 3.03. The quantitative estimate of drug-likeness (QED) is 0.735. The number of hydrogen-bond donors (Lipinski definition) is 2. The van der Waals surface area contributed by atoms with Crippen LogP contribution in [-0.4, -0.2) is 42.3 Å². The second-order valence-electron chi connectivity index (χ2n) is 5.98. The van der Waals surface area contributed by atoms with Crippen molar-refractivity contribution in [1.29, 1.82) is 0 Å². The first-order valence-corrected chi connectivity index (χ1v) is 8.00. The summed E-state index contributed by atoms with van der Waals surface area (Å²) in [5.41, 5.74) is 0.742. The molecular weight excluding hydrogens is 267 g/mol. The van der Waals surface area contributed by atoms with E-state index in [0.717, 1.165) is 18.7 Å². The van der Waals surface area contributed by atoms with Crippen LogP contribution in [0, 0.1) is 11.7 Å². The van der Waals surface area contributed by atoms with Crippen LogP contribution >= 0.6 is 0 Å². The van der Waals surface area contributed by atoms with Crippen molar-refractivity contribution in [2.24, 2.45) is 5.92 Å². The normalized spacial score (nSPS) is 18.0. The lowest BCUT2D eigenvalue weighted by atomic mass is 9.93. The van der Waals surface area contributed by atoms with Crippen LogP contribution < -0.4 is 5.32 Å². The summed E-state index contributed by atoms with van der Waals surface area (Å²) < 4.78 is 14.1. The molecule has 2 atom stereocenters. The number of aliphatic hydroxyl groups is 1. The molecule has 1 aromatic rings. The molecular formula is C17H27FN2O. The highest BCUT2D eigenvalue weighted by molar-refractivity contribution is 5.22. The molecule has 1 saturated carbocycles. The van der Waals surface area contributed by atoms with Gasteiger partial charge in [0.1, 0.15) is 5.82 Å². The molecule has 0 amide bonds. The molecule has 2 unspecified atom stereocenters. The van der Waals surface area contributed by atoms with Gasteiger partial charge in [-0.3, -0.25) is 4.90 Å². The van der Waals surface area contributed by atoms with E-state index in [1.807, 2.05) is 19.1 Å². The van der Waals surface area contributed by atoms with E-state index in [0.29, 0.717) is 12.6 Å². The zero-order valence-corrected chi connectivity index (χ0v) is 13.1. The second-order valence-corrected chi connectivity index (χ2v) is 5.98. The van der Waals surface area contributed by atoms with Crippen molar-refractivity contribution >= 4 is 0 Å². The Labute approximate surface area is 127 Å². The third-order valence-electron chi connectivity index (χ3n) is 4.21. The minimum absolute atomic E-state index is 0.0103. The Balaban J connectivity index is 2.07. The van der Waals surface area contributed by atoms with Crippen molar-refractivity contribution in [2.45, 2.75) is 38.8 Å². The predicted molar refractivity (Wildman–Crippen MR) is 83.7 cm³/mol. The molecule has 0 heterocycles. The second kappa shape index (κ2) is 7.87. The largest absolute Gasteiger partial charge is 0.395 e. The van der Waals surface area contributed by atoms with Gasteiger partial charge >= 0.3 is 0 Å². The highest BCUT2D eigenvalue weighted by Crippen LogP contribution is 2.30. The summed E-state index contributed by atoms with van der Waals surface area (Å²) in [7, 11) is 0. The molecule has 1 aliphatic rings. The summed E-state index contributed by atoms with van der Waals surface area (Å²) >= 11 is 0. The van der Waals surface area contributed by atoms with E-state index in [-0.39, 0.29) is 24.4 Å². The Morgan fingerprint density at radius 2 is 2.10 bits per heavy atom. The van der Waals surface area contributed by atoms with Crippen LogP contribution in [-0.2, 0) is 0 Å². The van der Waals surface area contributed by atoms with E-state index in [1.165, 1.54) is 18.9 Å². The van der Waals surface area contributed by atoms with Crippen LogP contribution in [0.2, 0.25) is 0 Å². The zero-order valence-electron chi connectivity index (χ0n) is 13.1. The highest BCUT2D eigenvalue weighted by Gasteiger charge is 2.31. The van der Waals surface area contributed by atoms with Gasteiger partial charge in [0.25, 0.3) is 0 Å². The monoisotopic (exact) mass is 294 g/mol. The topological polar surface area (TPSA) is 35.5 Å². The molecule has 1 aromatic carbocycles. The Kier molecular flexibility index (Phi) is 6.15. The minimum Gasteiger partial charge on any atom is -0.395 e. The molecule has 2 N–H and O–H groups in total. The fourth-order valence-electron chi connectivity index (χ4n) is 3.03. The van der Waals surface area contributed by atoms with Crippen LogP contribution in [0.15, 0.2) is 24.3 Å². The maximum Gasteiger partial charge on any atom is 0.127 e. The molecule has 2 rings (SSSR count). The average molecular weight is 294 g/mol. The molecule has 4 heteroatoms. The van der Waals surface area contributed by atoms with Crippen LogP contribution in [0.1, 0.15) is 38.3 Å². The Hall–Kier alpha value is -0.970. The summed E-state index contributed by atoms with van der Waals surface area (Å²) in [6.45, 7) is 6.81. The van der Waals surface area contributed by atoms with Gasteiger partial charge in [0.15, 0.2) is 0 Å². The van der Waals surface area contributed by atoms with Crippen LogP contribution in [0.5, 0.6) is 0 Å². The van der Waals surface area contributed by atoms with Crippen molar-refractivity contribution in [3.63, 3.8) is 0 Å². The lowest BCUT2D eigenvalue weighted by Gasteiger charge is -2.31. The third kappa shape index (κ3) is 4.50. The van der Waals surface area contributed by atoms with Gasteiger partial charge in [-0.25, -0.2) is 4.39 Å². The first-order valence-electron chi connectivity index (χ1n) is 8.00. The third-order valence-corrected chi connectivity index (χ3v) is 4.21. The van der Waals surface area contributed by atoms with Crippen molar-refractivity contribution in [1.82, 2.24) is 10.2 Å². The molecule has 21 heavy (non-hydrogen) atoms. The van der Waals surface area contributed by atoms with Gasteiger partial charge in [-0.1, -0.05) is 32.0 Å². The van der Waals surface area contributed by atoms with Crippen molar-refractivity contribution < 1.29 is 9.50 Å². The van der Waals surface area contributed by atoms with Gasteiger partial charge in [-0.2, -0.15) is 0 Å². The summed E-state index contributed by atoms with van der Waals surface area (Å²) in [5, 5.41) is 12.6. The molecule has 118 valence electrons. The van der Waals surface area contributed by atoms with Crippen LogP contribution in [0.4, 0.5) is 4.39 Å². The molecule has 0 spiro atoms. The van der Waals surface area contributed by atoms with Crippen molar-refractivity contribution in [3.8, 4) is 0 Å². The molecule has 0 aromatic heterocycles. The number of nitrogens with zero attached hydrogens (tertiary/aromatic N) is 1. The minimum atomic E-state index is -0.143.